The summed E-state index contributed by atoms with van der Waals surface area (Å²) in [6.07, 6.45) is 2.40. The molecule has 0 saturated heterocycles. The zero-order valence-corrected chi connectivity index (χ0v) is 10.9. The number of aromatic nitrogens is 2. The average molecular weight is 241 g/mol. The molecule has 0 fully saturated rings. The van der Waals surface area contributed by atoms with Crippen LogP contribution in [-0.4, -0.2) is 14.9 Å². The summed E-state index contributed by atoms with van der Waals surface area (Å²) in [7, 11) is 0. The van der Waals surface area contributed by atoms with Crippen molar-refractivity contribution in [3.8, 4) is 0 Å². The van der Waals surface area contributed by atoms with Gasteiger partial charge in [-0.15, -0.1) is 18.3 Å². The Hall–Kier alpha value is -0.810. The molecule has 0 spiro atoms. The van der Waals surface area contributed by atoms with Crippen molar-refractivity contribution in [3.63, 3.8) is 0 Å². The zero-order chi connectivity index (χ0) is 12.2. The van der Waals surface area contributed by atoms with Gasteiger partial charge in [-0.25, -0.2) is 0 Å². The number of hydrogen-bond donors (Lipinski definition) is 1. The maximum Gasteiger partial charge on any atom is 0.243 e. The van der Waals surface area contributed by atoms with E-state index < -0.39 is 0 Å². The van der Waals surface area contributed by atoms with Crippen molar-refractivity contribution in [2.45, 2.75) is 43.7 Å². The molecule has 1 atom stereocenters. The molecule has 1 rings (SSSR count). The van der Waals surface area contributed by atoms with Crippen molar-refractivity contribution >= 4 is 11.8 Å². The molecule has 1 heterocycles. The van der Waals surface area contributed by atoms with Crippen LogP contribution >= 0.6 is 11.8 Å². The largest absolute Gasteiger partial charge is 0.338 e. The molecule has 0 aromatic carbocycles. The Labute approximate surface area is 101 Å². The Kier molecular flexibility index (Phi) is 4.56. The molecule has 16 heavy (non-hydrogen) atoms. The van der Waals surface area contributed by atoms with Crippen LogP contribution in [0, 0.1) is 0 Å². The highest BCUT2D eigenvalue weighted by Crippen LogP contribution is 2.26. The average Bonchev–Trinajstić information content (AvgIpc) is 2.62. The van der Waals surface area contributed by atoms with E-state index in [9.17, 15) is 0 Å². The molecule has 0 radical (unpaired) electrons. The summed E-state index contributed by atoms with van der Waals surface area (Å²) in [5, 5.41) is 3.90. The fourth-order valence-corrected chi connectivity index (χ4v) is 1.72. The first kappa shape index (κ1) is 13.3. The molecule has 0 saturated carbocycles. The van der Waals surface area contributed by atoms with E-state index in [0.717, 1.165) is 5.75 Å². The lowest BCUT2D eigenvalue weighted by Gasteiger charge is -2.15. The third kappa shape index (κ3) is 4.37. The Morgan fingerprint density at radius 2 is 2.25 bits per heavy atom. The molecule has 0 bridgehead atoms. The van der Waals surface area contributed by atoms with Gasteiger partial charge in [-0.1, -0.05) is 32.0 Å². The first-order chi connectivity index (χ1) is 7.42. The van der Waals surface area contributed by atoms with E-state index in [1.165, 1.54) is 0 Å². The summed E-state index contributed by atoms with van der Waals surface area (Å²) >= 11 is 1.78. The third-order valence-electron chi connectivity index (χ3n) is 1.86. The minimum Gasteiger partial charge on any atom is -0.338 e. The molecule has 1 unspecified atom stereocenters. The van der Waals surface area contributed by atoms with Crippen LogP contribution < -0.4 is 5.73 Å². The van der Waals surface area contributed by atoms with Gasteiger partial charge in [0, 0.05) is 4.75 Å². The van der Waals surface area contributed by atoms with Crippen molar-refractivity contribution in [2.75, 3.05) is 0 Å². The number of thioether (sulfide) groups is 1. The normalized spacial score (nSPS) is 13.8. The molecule has 2 N–H and O–H groups in total. The molecule has 0 aliphatic heterocycles. The lowest BCUT2D eigenvalue weighted by atomic mass is 10.2. The molecular weight excluding hydrogens is 222 g/mol. The van der Waals surface area contributed by atoms with Gasteiger partial charge >= 0.3 is 0 Å². The summed E-state index contributed by atoms with van der Waals surface area (Å²) in [5.74, 6) is 1.94. The monoisotopic (exact) mass is 241 g/mol. The van der Waals surface area contributed by atoms with E-state index in [-0.39, 0.29) is 10.8 Å². The Bertz CT molecular complexity index is 343. The van der Waals surface area contributed by atoms with Crippen molar-refractivity contribution in [1.29, 1.82) is 0 Å². The predicted octanol–water partition coefficient (Wildman–Crippen LogP) is 2.68. The molecule has 0 amide bonds. The van der Waals surface area contributed by atoms with Gasteiger partial charge in [0.1, 0.15) is 0 Å². The molecule has 90 valence electrons. The number of hydrogen-bond acceptors (Lipinski definition) is 5. The van der Waals surface area contributed by atoms with E-state index in [1.54, 1.807) is 17.8 Å². The first-order valence-corrected chi connectivity index (χ1v) is 6.24. The highest BCUT2D eigenvalue weighted by atomic mass is 32.2. The third-order valence-corrected chi connectivity index (χ3v) is 3.12. The Morgan fingerprint density at radius 1 is 1.56 bits per heavy atom. The second-order valence-corrected chi connectivity index (χ2v) is 6.38. The second kappa shape index (κ2) is 5.50. The van der Waals surface area contributed by atoms with Gasteiger partial charge in [0.2, 0.25) is 5.89 Å². The van der Waals surface area contributed by atoms with Crippen molar-refractivity contribution in [3.05, 3.63) is 24.4 Å². The fraction of sp³-hybridized carbons (Fsp3) is 0.636. The van der Waals surface area contributed by atoms with Crippen molar-refractivity contribution < 1.29 is 4.52 Å². The number of nitrogens with zero attached hydrogens (tertiary/aromatic N) is 2. The van der Waals surface area contributed by atoms with Crippen LogP contribution in [-0.2, 0) is 5.75 Å². The highest BCUT2D eigenvalue weighted by Gasteiger charge is 2.16. The maximum atomic E-state index is 5.83. The second-order valence-electron chi connectivity index (χ2n) is 4.58. The summed E-state index contributed by atoms with van der Waals surface area (Å²) in [6, 6.07) is -0.238. The summed E-state index contributed by atoms with van der Waals surface area (Å²) in [4.78, 5) is 4.26. The Morgan fingerprint density at radius 3 is 2.81 bits per heavy atom. The lowest BCUT2D eigenvalue weighted by Crippen LogP contribution is -2.10. The summed E-state index contributed by atoms with van der Waals surface area (Å²) in [6.45, 7) is 10.1. The van der Waals surface area contributed by atoms with E-state index >= 15 is 0 Å². The predicted molar refractivity (Wildman–Crippen MR) is 67.1 cm³/mol. The van der Waals surface area contributed by atoms with Crippen LogP contribution in [0.3, 0.4) is 0 Å². The van der Waals surface area contributed by atoms with Crippen LogP contribution in [0.5, 0.6) is 0 Å². The van der Waals surface area contributed by atoms with E-state index in [4.69, 9.17) is 10.3 Å². The standard InChI is InChI=1S/C11H19N3OS/c1-5-6-8(12)10-13-9(14-15-10)7-16-11(2,3)4/h5,8H,1,6-7,12H2,2-4H3. The van der Waals surface area contributed by atoms with Gasteiger partial charge in [-0.05, 0) is 6.42 Å². The van der Waals surface area contributed by atoms with Gasteiger partial charge in [0.15, 0.2) is 5.82 Å². The van der Waals surface area contributed by atoms with E-state index in [0.29, 0.717) is 18.1 Å². The first-order valence-electron chi connectivity index (χ1n) is 5.25. The number of rotatable bonds is 5. The maximum absolute atomic E-state index is 5.83. The molecule has 1 aromatic rings. The quantitative estimate of drug-likeness (QED) is 0.803. The smallest absolute Gasteiger partial charge is 0.243 e. The van der Waals surface area contributed by atoms with Gasteiger partial charge in [-0.2, -0.15) is 4.98 Å². The van der Waals surface area contributed by atoms with Gasteiger partial charge in [0.05, 0.1) is 11.8 Å². The minimum absolute atomic E-state index is 0.198. The van der Waals surface area contributed by atoms with Crippen LogP contribution in [0.2, 0.25) is 0 Å². The summed E-state index contributed by atoms with van der Waals surface area (Å²) < 4.78 is 5.30. The summed E-state index contributed by atoms with van der Waals surface area (Å²) in [5.41, 5.74) is 5.83. The van der Waals surface area contributed by atoms with E-state index in [2.05, 4.69) is 37.5 Å². The SMILES string of the molecule is C=CCC(N)c1nc(CSC(C)(C)C)no1. The van der Waals surface area contributed by atoms with Gasteiger partial charge in [0.25, 0.3) is 0 Å². The van der Waals surface area contributed by atoms with Crippen LogP contribution in [0.4, 0.5) is 0 Å². The molecule has 5 heteroatoms. The minimum atomic E-state index is -0.238. The molecular formula is C11H19N3OS. The van der Waals surface area contributed by atoms with Gasteiger partial charge < -0.3 is 10.3 Å². The van der Waals surface area contributed by atoms with Crippen LogP contribution in [0.1, 0.15) is 44.9 Å². The lowest BCUT2D eigenvalue weighted by molar-refractivity contribution is 0.352. The van der Waals surface area contributed by atoms with Crippen LogP contribution in [0.25, 0.3) is 0 Å². The zero-order valence-electron chi connectivity index (χ0n) is 10.1. The Balaban J connectivity index is 2.54. The van der Waals surface area contributed by atoms with Crippen molar-refractivity contribution in [2.24, 2.45) is 5.73 Å². The molecule has 1 aromatic heterocycles. The van der Waals surface area contributed by atoms with E-state index in [1.807, 2.05) is 0 Å². The topological polar surface area (TPSA) is 64.9 Å². The van der Waals surface area contributed by atoms with Gasteiger partial charge in [-0.3, -0.25) is 0 Å². The fourth-order valence-electron chi connectivity index (χ4n) is 1.04. The van der Waals surface area contributed by atoms with Crippen molar-refractivity contribution in [1.82, 2.24) is 10.1 Å². The molecule has 4 nitrogen and oxygen atoms in total. The highest BCUT2D eigenvalue weighted by molar-refractivity contribution is 7.99. The molecule has 0 aliphatic carbocycles. The molecule has 0 aliphatic rings. The number of nitrogens with two attached hydrogens (primary N) is 1. The van der Waals surface area contributed by atoms with Crippen LogP contribution in [0.15, 0.2) is 17.2 Å².